The van der Waals surface area contributed by atoms with Gasteiger partial charge in [0.05, 0.1) is 6.10 Å². The molecular weight excluding hydrogens is 219 g/mol. The zero-order valence-electron chi connectivity index (χ0n) is 10.4. The maximum Gasteiger partial charge on any atom is 0.131 e. The van der Waals surface area contributed by atoms with Crippen LogP contribution in [0.2, 0.25) is 0 Å². The summed E-state index contributed by atoms with van der Waals surface area (Å²) in [6.07, 6.45) is -0.772. The smallest absolute Gasteiger partial charge is 0.131 e. The third-order valence-corrected chi connectivity index (χ3v) is 3.29. The normalized spacial score (nSPS) is 19.4. The van der Waals surface area contributed by atoms with E-state index in [1.54, 1.807) is 13.0 Å². The number of aliphatic hydroxyl groups is 1. The molecule has 3 nitrogen and oxygen atoms in total. The van der Waals surface area contributed by atoms with Crippen LogP contribution in [-0.2, 0) is 0 Å². The highest BCUT2D eigenvalue weighted by molar-refractivity contribution is 5.55. The molecule has 17 heavy (non-hydrogen) atoms. The van der Waals surface area contributed by atoms with Gasteiger partial charge in [0.1, 0.15) is 5.82 Å². The van der Waals surface area contributed by atoms with E-state index in [0.717, 1.165) is 31.9 Å². The highest BCUT2D eigenvalue weighted by Crippen LogP contribution is 2.29. The van der Waals surface area contributed by atoms with Crippen LogP contribution in [-0.4, -0.2) is 43.2 Å². The molecule has 1 heterocycles. The number of aliphatic hydroxyl groups excluding tert-OH is 1. The van der Waals surface area contributed by atoms with E-state index >= 15 is 0 Å². The molecule has 1 N–H and O–H groups in total. The summed E-state index contributed by atoms with van der Waals surface area (Å²) in [5.74, 6) is -0.323. The van der Waals surface area contributed by atoms with Crippen LogP contribution < -0.4 is 4.90 Å². The Kier molecular flexibility index (Phi) is 3.64. The number of anilines is 1. The van der Waals surface area contributed by atoms with E-state index in [0.29, 0.717) is 5.56 Å². The van der Waals surface area contributed by atoms with Gasteiger partial charge in [-0.3, -0.25) is 0 Å². The van der Waals surface area contributed by atoms with Crippen molar-refractivity contribution in [2.45, 2.75) is 13.0 Å². The summed E-state index contributed by atoms with van der Waals surface area (Å²) < 4.78 is 13.7. The summed E-state index contributed by atoms with van der Waals surface area (Å²) in [5.41, 5.74) is 1.24. The van der Waals surface area contributed by atoms with Crippen LogP contribution in [0.25, 0.3) is 0 Å². The molecule has 1 aromatic carbocycles. The standard InChI is InChI=1S/C13H19FN2O/c1-10(17)13-11(14)4-3-5-12(13)16-8-6-15(2)7-9-16/h3-5,10,17H,6-9H2,1-2H3. The fraction of sp³-hybridized carbons (Fsp3) is 0.538. The molecule has 0 aromatic heterocycles. The Balaban J connectivity index is 2.28. The minimum Gasteiger partial charge on any atom is -0.389 e. The fourth-order valence-electron chi connectivity index (χ4n) is 2.26. The molecule has 1 aromatic rings. The quantitative estimate of drug-likeness (QED) is 0.848. The maximum atomic E-state index is 13.7. The van der Waals surface area contributed by atoms with E-state index in [9.17, 15) is 9.50 Å². The molecule has 0 bridgehead atoms. The summed E-state index contributed by atoms with van der Waals surface area (Å²) >= 11 is 0. The van der Waals surface area contributed by atoms with Gasteiger partial charge >= 0.3 is 0 Å². The largest absolute Gasteiger partial charge is 0.389 e. The first-order chi connectivity index (χ1) is 8.09. The van der Waals surface area contributed by atoms with Crippen molar-refractivity contribution in [3.05, 3.63) is 29.6 Å². The summed E-state index contributed by atoms with van der Waals surface area (Å²) in [5, 5.41) is 9.69. The van der Waals surface area contributed by atoms with Crippen LogP contribution in [0, 0.1) is 5.82 Å². The van der Waals surface area contributed by atoms with E-state index < -0.39 is 6.10 Å². The number of hydrogen-bond donors (Lipinski definition) is 1. The molecule has 94 valence electrons. The molecule has 0 spiro atoms. The van der Waals surface area contributed by atoms with Gasteiger partial charge < -0.3 is 14.9 Å². The lowest BCUT2D eigenvalue weighted by atomic mass is 10.1. The van der Waals surface area contributed by atoms with Crippen molar-refractivity contribution in [3.8, 4) is 0 Å². The maximum absolute atomic E-state index is 13.7. The van der Waals surface area contributed by atoms with Gasteiger partial charge in [0.2, 0.25) is 0 Å². The molecule has 1 fully saturated rings. The van der Waals surface area contributed by atoms with E-state index in [1.165, 1.54) is 6.07 Å². The van der Waals surface area contributed by atoms with Crippen molar-refractivity contribution < 1.29 is 9.50 Å². The third kappa shape index (κ3) is 2.58. The second-order valence-corrected chi connectivity index (χ2v) is 4.64. The number of hydrogen-bond acceptors (Lipinski definition) is 3. The van der Waals surface area contributed by atoms with Crippen LogP contribution in [0.15, 0.2) is 18.2 Å². The van der Waals surface area contributed by atoms with Crippen molar-refractivity contribution in [2.24, 2.45) is 0 Å². The van der Waals surface area contributed by atoms with Gasteiger partial charge in [0, 0.05) is 37.4 Å². The monoisotopic (exact) mass is 238 g/mol. The highest BCUT2D eigenvalue weighted by Gasteiger charge is 2.20. The number of benzene rings is 1. The Labute approximate surface area is 101 Å². The van der Waals surface area contributed by atoms with Crippen molar-refractivity contribution in [3.63, 3.8) is 0 Å². The molecule has 0 radical (unpaired) electrons. The second kappa shape index (κ2) is 5.02. The molecule has 1 aliphatic heterocycles. The van der Waals surface area contributed by atoms with Gasteiger partial charge in [-0.2, -0.15) is 0 Å². The summed E-state index contributed by atoms with van der Waals surface area (Å²) in [6, 6.07) is 4.99. The minimum absolute atomic E-state index is 0.323. The molecule has 1 atom stereocenters. The predicted molar refractivity (Wildman–Crippen MR) is 66.7 cm³/mol. The average Bonchev–Trinajstić information content (AvgIpc) is 2.29. The van der Waals surface area contributed by atoms with Crippen LogP contribution in [0.1, 0.15) is 18.6 Å². The highest BCUT2D eigenvalue weighted by atomic mass is 19.1. The molecule has 0 aliphatic carbocycles. The van der Waals surface area contributed by atoms with E-state index in [2.05, 4.69) is 16.8 Å². The molecule has 1 aliphatic rings. The van der Waals surface area contributed by atoms with Gasteiger partial charge in [0.15, 0.2) is 0 Å². The first kappa shape index (κ1) is 12.3. The number of piperazine rings is 1. The van der Waals surface area contributed by atoms with Crippen LogP contribution in [0.5, 0.6) is 0 Å². The summed E-state index contributed by atoms with van der Waals surface area (Å²) in [7, 11) is 2.08. The molecular formula is C13H19FN2O. The first-order valence-electron chi connectivity index (χ1n) is 5.99. The zero-order valence-corrected chi connectivity index (χ0v) is 10.4. The number of halogens is 1. The Morgan fingerprint density at radius 1 is 1.24 bits per heavy atom. The Morgan fingerprint density at radius 2 is 1.88 bits per heavy atom. The predicted octanol–water partition coefficient (Wildman–Crippen LogP) is 1.63. The Hall–Kier alpha value is -1.13. The molecule has 0 saturated carbocycles. The van der Waals surface area contributed by atoms with Crippen LogP contribution >= 0.6 is 0 Å². The summed E-state index contributed by atoms with van der Waals surface area (Å²) in [4.78, 5) is 4.39. The SMILES string of the molecule is CC(O)c1c(F)cccc1N1CCN(C)CC1. The summed E-state index contributed by atoms with van der Waals surface area (Å²) in [6.45, 7) is 5.29. The Bertz CT molecular complexity index is 387. The molecule has 1 saturated heterocycles. The van der Waals surface area contributed by atoms with E-state index in [4.69, 9.17) is 0 Å². The lowest BCUT2D eigenvalue weighted by molar-refractivity contribution is 0.194. The van der Waals surface area contributed by atoms with Crippen molar-refractivity contribution in [1.82, 2.24) is 4.90 Å². The average molecular weight is 238 g/mol. The van der Waals surface area contributed by atoms with Gasteiger partial charge in [-0.15, -0.1) is 0 Å². The molecule has 2 rings (SSSR count). The molecule has 1 unspecified atom stereocenters. The van der Waals surface area contributed by atoms with Gasteiger partial charge in [-0.25, -0.2) is 4.39 Å². The van der Waals surface area contributed by atoms with Crippen LogP contribution in [0.3, 0.4) is 0 Å². The zero-order chi connectivity index (χ0) is 12.4. The lowest BCUT2D eigenvalue weighted by Crippen LogP contribution is -2.45. The Morgan fingerprint density at radius 3 is 2.47 bits per heavy atom. The number of likely N-dealkylation sites (N-methyl/N-ethyl adjacent to an activating group) is 1. The third-order valence-electron chi connectivity index (χ3n) is 3.29. The first-order valence-corrected chi connectivity index (χ1v) is 5.99. The van der Waals surface area contributed by atoms with Crippen molar-refractivity contribution in [1.29, 1.82) is 0 Å². The van der Waals surface area contributed by atoms with Crippen LogP contribution in [0.4, 0.5) is 10.1 Å². The van der Waals surface area contributed by atoms with Gasteiger partial charge in [0.25, 0.3) is 0 Å². The molecule has 4 heteroatoms. The van der Waals surface area contributed by atoms with Gasteiger partial charge in [-0.1, -0.05) is 6.07 Å². The van der Waals surface area contributed by atoms with E-state index in [1.807, 2.05) is 6.07 Å². The fourth-order valence-corrected chi connectivity index (χ4v) is 2.26. The van der Waals surface area contributed by atoms with Crippen molar-refractivity contribution >= 4 is 5.69 Å². The topological polar surface area (TPSA) is 26.7 Å². The number of nitrogens with zero attached hydrogens (tertiary/aromatic N) is 2. The lowest BCUT2D eigenvalue weighted by Gasteiger charge is -2.35. The number of rotatable bonds is 2. The van der Waals surface area contributed by atoms with Gasteiger partial charge in [-0.05, 0) is 26.1 Å². The van der Waals surface area contributed by atoms with Crippen molar-refractivity contribution in [2.75, 3.05) is 38.1 Å². The van der Waals surface area contributed by atoms with E-state index in [-0.39, 0.29) is 5.82 Å². The molecule has 0 amide bonds. The minimum atomic E-state index is -0.772. The second-order valence-electron chi connectivity index (χ2n) is 4.64.